The van der Waals surface area contributed by atoms with Gasteiger partial charge in [-0.1, -0.05) is 0 Å². The summed E-state index contributed by atoms with van der Waals surface area (Å²) in [5, 5.41) is 0. The minimum absolute atomic E-state index is 0.0249. The molecule has 2 aromatic rings. The fourth-order valence-electron chi connectivity index (χ4n) is 3.95. The van der Waals surface area contributed by atoms with E-state index in [1.54, 1.807) is 12.4 Å². The molecule has 0 saturated carbocycles. The van der Waals surface area contributed by atoms with Crippen molar-refractivity contribution >= 4 is 9.84 Å². The third-order valence-corrected chi connectivity index (χ3v) is 6.96. The predicted molar refractivity (Wildman–Crippen MR) is 98.1 cm³/mol. The van der Waals surface area contributed by atoms with Gasteiger partial charge in [-0.3, -0.25) is 14.8 Å². The summed E-state index contributed by atoms with van der Waals surface area (Å²) in [6, 6.07) is 4.05. The van der Waals surface area contributed by atoms with Crippen molar-refractivity contribution in [1.29, 1.82) is 0 Å². The number of pyridine rings is 1. The van der Waals surface area contributed by atoms with Gasteiger partial charge < -0.3 is 0 Å². The number of fused-ring (bicyclic) bond motifs is 1. The van der Waals surface area contributed by atoms with E-state index in [0.29, 0.717) is 6.54 Å². The lowest BCUT2D eigenvalue weighted by Crippen LogP contribution is -2.58. The number of nitrogens with zero attached hydrogens (tertiary/aromatic N) is 5. The molecule has 138 valence electrons. The van der Waals surface area contributed by atoms with Crippen LogP contribution in [0.5, 0.6) is 0 Å². The number of hydrogen-bond acceptors (Lipinski definition) is 7. The van der Waals surface area contributed by atoms with Gasteiger partial charge in [-0.05, 0) is 24.6 Å². The zero-order valence-corrected chi connectivity index (χ0v) is 15.6. The van der Waals surface area contributed by atoms with Crippen LogP contribution in [0.1, 0.15) is 17.0 Å². The minimum Gasteiger partial charge on any atom is -0.292 e. The molecular weight excluding hydrogens is 350 g/mol. The van der Waals surface area contributed by atoms with Gasteiger partial charge in [0.2, 0.25) is 0 Å². The van der Waals surface area contributed by atoms with Crippen molar-refractivity contribution in [2.75, 3.05) is 24.6 Å². The average Bonchev–Trinajstić information content (AvgIpc) is 2.96. The lowest BCUT2D eigenvalue weighted by atomic mass is 10.0. The fraction of sp³-hybridized carbons (Fsp3) is 0.500. The first-order valence-corrected chi connectivity index (χ1v) is 10.7. The number of aryl methyl sites for hydroxylation is 1. The van der Waals surface area contributed by atoms with Crippen molar-refractivity contribution in [2.24, 2.45) is 0 Å². The maximum atomic E-state index is 12.3. The Morgan fingerprint density at radius 2 is 1.50 bits per heavy atom. The zero-order chi connectivity index (χ0) is 18.1. The molecular formula is C18H23N5O2S. The number of hydrogen-bond donors (Lipinski definition) is 0. The summed E-state index contributed by atoms with van der Waals surface area (Å²) in [7, 11) is -3.01. The zero-order valence-electron chi connectivity index (χ0n) is 14.8. The Labute approximate surface area is 154 Å². The van der Waals surface area contributed by atoms with Gasteiger partial charge in [0.05, 0.1) is 11.5 Å². The van der Waals surface area contributed by atoms with Crippen LogP contribution < -0.4 is 0 Å². The predicted octanol–water partition coefficient (Wildman–Crippen LogP) is 0.663. The summed E-state index contributed by atoms with van der Waals surface area (Å²) in [5.41, 5.74) is 2.20. The quantitative estimate of drug-likeness (QED) is 0.779. The van der Waals surface area contributed by atoms with E-state index in [2.05, 4.69) is 24.8 Å². The smallest absolute Gasteiger partial charge is 0.153 e. The molecule has 0 radical (unpaired) electrons. The molecule has 2 saturated heterocycles. The normalized spacial score (nSPS) is 25.9. The standard InChI is InChI=1S/C18H23N5O2S/c1-14-20-8-16(9-21-14)11-23-7-6-22(10-15-2-4-19-5-3-15)17-12-26(24,25)13-18(17)23/h2-5,8-9,17-18H,6-7,10-13H2,1H3/t17-,18+/m1/s1. The topological polar surface area (TPSA) is 79.3 Å². The van der Waals surface area contributed by atoms with Crippen LogP contribution in [0.3, 0.4) is 0 Å². The lowest BCUT2D eigenvalue weighted by molar-refractivity contribution is 0.0353. The molecule has 2 aliphatic heterocycles. The summed E-state index contributed by atoms with van der Waals surface area (Å²) >= 11 is 0. The van der Waals surface area contributed by atoms with Gasteiger partial charge in [0.1, 0.15) is 5.82 Å². The highest BCUT2D eigenvalue weighted by Crippen LogP contribution is 2.29. The Balaban J connectivity index is 1.52. The van der Waals surface area contributed by atoms with Crippen molar-refractivity contribution in [3.05, 3.63) is 53.9 Å². The maximum absolute atomic E-state index is 12.3. The lowest BCUT2D eigenvalue weighted by Gasteiger charge is -2.44. The second-order valence-corrected chi connectivity index (χ2v) is 9.30. The molecule has 8 heteroatoms. The van der Waals surface area contributed by atoms with Crippen LogP contribution in [0.2, 0.25) is 0 Å². The maximum Gasteiger partial charge on any atom is 0.153 e. The second kappa shape index (κ2) is 7.02. The molecule has 2 atom stereocenters. The van der Waals surface area contributed by atoms with Crippen LogP contribution in [-0.2, 0) is 22.9 Å². The van der Waals surface area contributed by atoms with Crippen molar-refractivity contribution < 1.29 is 8.42 Å². The van der Waals surface area contributed by atoms with Crippen LogP contribution in [-0.4, -0.2) is 69.8 Å². The molecule has 0 unspecified atom stereocenters. The molecule has 2 aliphatic rings. The van der Waals surface area contributed by atoms with Gasteiger partial charge >= 0.3 is 0 Å². The molecule has 4 rings (SSSR count). The van der Waals surface area contributed by atoms with E-state index < -0.39 is 9.84 Å². The first kappa shape index (κ1) is 17.5. The summed E-state index contributed by atoms with van der Waals surface area (Å²) in [5.74, 6) is 1.22. The molecule has 0 aliphatic carbocycles. The molecule has 7 nitrogen and oxygen atoms in total. The highest BCUT2D eigenvalue weighted by molar-refractivity contribution is 7.91. The number of piperazine rings is 1. The molecule has 0 aromatic carbocycles. The number of rotatable bonds is 4. The largest absolute Gasteiger partial charge is 0.292 e. The van der Waals surface area contributed by atoms with Gasteiger partial charge in [-0.25, -0.2) is 18.4 Å². The van der Waals surface area contributed by atoms with Gasteiger partial charge in [-0.2, -0.15) is 0 Å². The van der Waals surface area contributed by atoms with Crippen LogP contribution in [0.25, 0.3) is 0 Å². The Hall–Kier alpha value is -1.90. The Bertz CT molecular complexity index is 857. The summed E-state index contributed by atoms with van der Waals surface area (Å²) in [6.45, 7) is 5.02. The van der Waals surface area contributed by atoms with Crippen LogP contribution in [0, 0.1) is 6.92 Å². The van der Waals surface area contributed by atoms with E-state index >= 15 is 0 Å². The third-order valence-electron chi connectivity index (χ3n) is 5.26. The summed E-state index contributed by atoms with van der Waals surface area (Å²) in [4.78, 5) is 17.2. The Morgan fingerprint density at radius 1 is 0.962 bits per heavy atom. The van der Waals surface area contributed by atoms with Gasteiger partial charge in [0.15, 0.2) is 9.84 Å². The summed E-state index contributed by atoms with van der Waals surface area (Å²) in [6.07, 6.45) is 7.24. The monoisotopic (exact) mass is 373 g/mol. The van der Waals surface area contributed by atoms with E-state index in [1.165, 1.54) is 5.56 Å². The van der Waals surface area contributed by atoms with Crippen LogP contribution in [0.4, 0.5) is 0 Å². The Morgan fingerprint density at radius 3 is 2.08 bits per heavy atom. The minimum atomic E-state index is -3.01. The highest BCUT2D eigenvalue weighted by atomic mass is 32.2. The number of aromatic nitrogens is 3. The van der Waals surface area contributed by atoms with Crippen molar-refractivity contribution in [3.8, 4) is 0 Å². The molecule has 0 bridgehead atoms. The molecule has 0 amide bonds. The first-order valence-electron chi connectivity index (χ1n) is 8.85. The van der Waals surface area contributed by atoms with E-state index in [-0.39, 0.29) is 23.6 Å². The van der Waals surface area contributed by atoms with Crippen molar-refractivity contribution in [2.45, 2.75) is 32.1 Å². The van der Waals surface area contributed by atoms with Crippen molar-refractivity contribution in [1.82, 2.24) is 24.8 Å². The van der Waals surface area contributed by atoms with Crippen LogP contribution in [0.15, 0.2) is 36.9 Å². The highest BCUT2D eigenvalue weighted by Gasteiger charge is 2.46. The molecule has 2 aromatic heterocycles. The van der Waals surface area contributed by atoms with E-state index in [0.717, 1.165) is 31.0 Å². The third kappa shape index (κ3) is 3.77. The molecule has 4 heterocycles. The van der Waals surface area contributed by atoms with E-state index in [9.17, 15) is 8.42 Å². The van der Waals surface area contributed by atoms with E-state index in [1.807, 2.05) is 31.5 Å². The molecule has 0 spiro atoms. The van der Waals surface area contributed by atoms with Crippen LogP contribution >= 0.6 is 0 Å². The Kier molecular flexibility index (Phi) is 4.73. The van der Waals surface area contributed by atoms with Gasteiger partial charge in [0.25, 0.3) is 0 Å². The van der Waals surface area contributed by atoms with Gasteiger partial charge in [0, 0.05) is 68.6 Å². The molecule has 26 heavy (non-hydrogen) atoms. The number of sulfone groups is 1. The van der Waals surface area contributed by atoms with Crippen molar-refractivity contribution in [3.63, 3.8) is 0 Å². The second-order valence-electron chi connectivity index (χ2n) is 7.15. The average molecular weight is 373 g/mol. The molecule has 0 N–H and O–H groups in total. The van der Waals surface area contributed by atoms with Gasteiger partial charge in [-0.15, -0.1) is 0 Å². The first-order chi connectivity index (χ1) is 12.5. The summed E-state index contributed by atoms with van der Waals surface area (Å²) < 4.78 is 24.7. The SMILES string of the molecule is Cc1ncc(CN2CCN(Cc3ccncc3)[C@@H]3CS(=O)(=O)C[C@@H]32)cn1. The molecule has 2 fully saturated rings. The van der Waals surface area contributed by atoms with E-state index in [4.69, 9.17) is 0 Å². The fourth-order valence-corrected chi connectivity index (χ4v) is 5.99.